The number of rotatable bonds is 3. The number of allylic oxidation sites excluding steroid dienone is 1. The van der Waals surface area contributed by atoms with Crippen LogP contribution in [0.1, 0.15) is 80.6 Å². The van der Waals surface area contributed by atoms with Gasteiger partial charge in [0.15, 0.2) is 12.2 Å². The molecule has 0 radical (unpaired) electrons. The molecule has 35 heavy (non-hydrogen) atoms. The van der Waals surface area contributed by atoms with Gasteiger partial charge in [-0.3, -0.25) is 14.4 Å². The van der Waals surface area contributed by atoms with E-state index >= 15 is 0 Å². The first-order valence-corrected chi connectivity index (χ1v) is 12.1. The largest absolute Gasteiger partial charge is 0.455 e. The molecule has 194 valence electrons. The van der Waals surface area contributed by atoms with Crippen molar-refractivity contribution < 1.29 is 42.9 Å². The van der Waals surface area contributed by atoms with Crippen LogP contribution in [0.5, 0.6) is 0 Å². The molecule has 9 heteroatoms. The Morgan fingerprint density at radius 2 is 1.69 bits per heavy atom. The highest BCUT2D eigenvalue weighted by Gasteiger charge is 2.59. The summed E-state index contributed by atoms with van der Waals surface area (Å²) in [5.74, 6) is -4.26. The zero-order chi connectivity index (χ0) is 26.1. The molecule has 0 unspecified atom stereocenters. The third-order valence-corrected chi connectivity index (χ3v) is 7.04. The molecule has 0 aromatic rings. The molecule has 0 amide bonds. The molecule has 9 nitrogen and oxygen atoms in total. The Morgan fingerprint density at radius 3 is 2.29 bits per heavy atom. The van der Waals surface area contributed by atoms with E-state index in [4.69, 9.17) is 23.7 Å². The summed E-state index contributed by atoms with van der Waals surface area (Å²) >= 11 is 0. The number of esters is 4. The molecule has 6 atom stereocenters. The lowest BCUT2D eigenvalue weighted by Gasteiger charge is -2.41. The van der Waals surface area contributed by atoms with Crippen molar-refractivity contribution in [3.8, 4) is 0 Å². The van der Waals surface area contributed by atoms with E-state index in [2.05, 4.69) is 6.92 Å². The third kappa shape index (κ3) is 5.60. The van der Waals surface area contributed by atoms with Crippen LogP contribution >= 0.6 is 0 Å². The Morgan fingerprint density at radius 1 is 1.03 bits per heavy atom. The van der Waals surface area contributed by atoms with Gasteiger partial charge in [0.25, 0.3) is 5.79 Å². The topological polar surface area (TPSA) is 114 Å². The van der Waals surface area contributed by atoms with Crippen molar-refractivity contribution in [1.82, 2.24) is 0 Å². The first-order chi connectivity index (χ1) is 16.3. The van der Waals surface area contributed by atoms with Gasteiger partial charge in [-0.1, -0.05) is 18.6 Å². The van der Waals surface area contributed by atoms with E-state index in [-0.39, 0.29) is 29.6 Å². The molecule has 0 spiro atoms. The predicted octanol–water partition coefficient (Wildman–Crippen LogP) is 3.69. The van der Waals surface area contributed by atoms with Crippen molar-refractivity contribution in [1.29, 1.82) is 0 Å². The number of ether oxygens (including phenoxy) is 5. The van der Waals surface area contributed by atoms with E-state index in [1.165, 1.54) is 27.7 Å². The van der Waals surface area contributed by atoms with Gasteiger partial charge < -0.3 is 23.7 Å². The summed E-state index contributed by atoms with van der Waals surface area (Å²) in [6, 6.07) is 0. The SMILES string of the molecule is CC(=O)O[C@@H]1[C@@H](OC(C)=O)C2=C(C)C(=O)O[C@]2(OC(C)=O)C/C(C)=C/CC[C@H](C)[C@H]2CC[C@]1(C)O2. The Bertz CT molecular complexity index is 964. The first kappa shape index (κ1) is 26.9. The minimum absolute atomic E-state index is 0.0466. The molecular weight excluding hydrogens is 456 g/mol. The molecule has 0 aliphatic carbocycles. The molecule has 0 N–H and O–H groups in total. The summed E-state index contributed by atoms with van der Waals surface area (Å²) in [6.07, 6.45) is 2.47. The van der Waals surface area contributed by atoms with Gasteiger partial charge in [-0.05, 0) is 52.4 Å². The number of hydrogen-bond acceptors (Lipinski definition) is 9. The molecule has 0 aromatic carbocycles. The first-order valence-electron chi connectivity index (χ1n) is 12.1. The maximum atomic E-state index is 12.9. The minimum atomic E-state index is -1.85. The Kier molecular flexibility index (Phi) is 7.79. The quantitative estimate of drug-likeness (QED) is 0.330. The molecular formula is C26H36O9. The zero-order valence-corrected chi connectivity index (χ0v) is 21.6. The lowest BCUT2D eigenvalue weighted by atomic mass is 9.82. The lowest BCUT2D eigenvalue weighted by molar-refractivity contribution is -0.217. The van der Waals surface area contributed by atoms with Gasteiger partial charge in [-0.2, -0.15) is 0 Å². The third-order valence-electron chi connectivity index (χ3n) is 7.04. The fourth-order valence-corrected chi connectivity index (χ4v) is 5.44. The monoisotopic (exact) mass is 492 g/mol. The second-order valence-electron chi connectivity index (χ2n) is 10.1. The fourth-order valence-electron chi connectivity index (χ4n) is 5.44. The van der Waals surface area contributed by atoms with Crippen LogP contribution in [0.4, 0.5) is 0 Å². The average Bonchev–Trinajstić information content (AvgIpc) is 3.22. The second-order valence-corrected chi connectivity index (χ2v) is 10.1. The van der Waals surface area contributed by atoms with Gasteiger partial charge in [-0.25, -0.2) is 4.79 Å². The van der Waals surface area contributed by atoms with Gasteiger partial charge in [0.2, 0.25) is 0 Å². The van der Waals surface area contributed by atoms with Gasteiger partial charge in [0.1, 0.15) is 5.60 Å². The summed E-state index contributed by atoms with van der Waals surface area (Å²) in [5.41, 5.74) is 0.0826. The Labute approximate surface area is 206 Å². The number of fused-ring (bicyclic) bond motifs is 3. The highest BCUT2D eigenvalue weighted by atomic mass is 16.7. The summed E-state index contributed by atoms with van der Waals surface area (Å²) < 4.78 is 29.5. The molecule has 3 aliphatic rings. The maximum Gasteiger partial charge on any atom is 0.337 e. The highest BCUT2D eigenvalue weighted by Crippen LogP contribution is 2.47. The second kappa shape index (κ2) is 10.1. The number of hydrogen-bond donors (Lipinski definition) is 0. The van der Waals surface area contributed by atoms with Crippen LogP contribution in [0.2, 0.25) is 0 Å². The highest BCUT2D eigenvalue weighted by molar-refractivity contribution is 5.93. The van der Waals surface area contributed by atoms with Crippen molar-refractivity contribution in [2.75, 3.05) is 0 Å². The van der Waals surface area contributed by atoms with E-state index in [0.717, 1.165) is 24.8 Å². The molecule has 0 saturated carbocycles. The number of carbonyl (C=O) groups is 4. The smallest absolute Gasteiger partial charge is 0.337 e. The normalized spacial score (nSPS) is 37.0. The summed E-state index contributed by atoms with van der Waals surface area (Å²) in [4.78, 5) is 49.7. The molecule has 2 bridgehead atoms. The zero-order valence-electron chi connectivity index (χ0n) is 21.6. The standard InChI is InChI=1S/C26H36O9/c1-14-9-8-10-15(2)20-11-12-25(7,34-20)23(32-18(5)28)22(31-17(4)27)21-16(3)24(30)35-26(21,13-14)33-19(6)29/h9,15,20,22-23H,8,10-13H2,1-7H3/b14-9+/t15-,20+,22-,23+,25-,26+/m0/s1. The van der Waals surface area contributed by atoms with E-state index in [9.17, 15) is 19.2 Å². The van der Waals surface area contributed by atoms with Crippen molar-refractivity contribution in [2.45, 2.75) is 110 Å². The minimum Gasteiger partial charge on any atom is -0.455 e. The van der Waals surface area contributed by atoms with Gasteiger partial charge >= 0.3 is 23.9 Å². The van der Waals surface area contributed by atoms with Crippen LogP contribution in [0, 0.1) is 5.92 Å². The fraction of sp³-hybridized carbons (Fsp3) is 0.692. The van der Waals surface area contributed by atoms with Crippen LogP contribution in [0.25, 0.3) is 0 Å². The predicted molar refractivity (Wildman–Crippen MR) is 124 cm³/mol. The van der Waals surface area contributed by atoms with Crippen LogP contribution in [0.15, 0.2) is 22.8 Å². The maximum absolute atomic E-state index is 12.9. The molecule has 1 saturated heterocycles. The van der Waals surface area contributed by atoms with Crippen LogP contribution in [-0.4, -0.2) is 53.6 Å². The van der Waals surface area contributed by atoms with Crippen molar-refractivity contribution >= 4 is 23.9 Å². The van der Waals surface area contributed by atoms with Crippen LogP contribution in [0.3, 0.4) is 0 Å². The van der Waals surface area contributed by atoms with Gasteiger partial charge in [-0.15, -0.1) is 0 Å². The Balaban J connectivity index is 2.28. The van der Waals surface area contributed by atoms with Crippen molar-refractivity contribution in [2.24, 2.45) is 5.92 Å². The van der Waals surface area contributed by atoms with Gasteiger partial charge in [0, 0.05) is 26.3 Å². The summed E-state index contributed by atoms with van der Waals surface area (Å²) in [7, 11) is 0. The van der Waals surface area contributed by atoms with Crippen molar-refractivity contribution in [3.63, 3.8) is 0 Å². The van der Waals surface area contributed by atoms with E-state index in [1.54, 1.807) is 0 Å². The lowest BCUT2D eigenvalue weighted by Crippen LogP contribution is -2.55. The molecule has 3 heterocycles. The molecule has 3 aliphatic heterocycles. The van der Waals surface area contributed by atoms with E-state index in [0.29, 0.717) is 6.42 Å². The summed E-state index contributed by atoms with van der Waals surface area (Å²) in [6.45, 7) is 11.0. The van der Waals surface area contributed by atoms with Crippen LogP contribution < -0.4 is 0 Å². The average molecular weight is 493 g/mol. The van der Waals surface area contributed by atoms with E-state index in [1.807, 2.05) is 19.9 Å². The van der Waals surface area contributed by atoms with Crippen molar-refractivity contribution in [3.05, 3.63) is 22.8 Å². The molecule has 3 rings (SSSR count). The molecule has 0 aromatic heterocycles. The van der Waals surface area contributed by atoms with Crippen LogP contribution in [-0.2, 0) is 42.9 Å². The summed E-state index contributed by atoms with van der Waals surface area (Å²) in [5, 5.41) is 0. The molecule has 1 fully saturated rings. The number of carbonyl (C=O) groups excluding carboxylic acids is 4. The van der Waals surface area contributed by atoms with Gasteiger partial charge in [0.05, 0.1) is 18.1 Å². The Hall–Kier alpha value is -2.68. The van der Waals surface area contributed by atoms with E-state index < -0.39 is 47.5 Å².